The molecule has 2 aromatic rings. The van der Waals surface area contributed by atoms with Gasteiger partial charge in [0.05, 0.1) is 0 Å². The van der Waals surface area contributed by atoms with Crippen LogP contribution in [0.3, 0.4) is 0 Å². The van der Waals surface area contributed by atoms with Crippen molar-refractivity contribution in [3.05, 3.63) is 53.6 Å². The third kappa shape index (κ3) is 4.89. The molecule has 0 atom stereocenters. The summed E-state index contributed by atoms with van der Waals surface area (Å²) in [5, 5.41) is 14.2. The molecule has 6 heteroatoms. The molecule has 0 spiro atoms. The number of carbonyl (C=O) groups excluding carboxylic acids is 1. The van der Waals surface area contributed by atoms with Crippen LogP contribution in [0.25, 0.3) is 0 Å². The first kappa shape index (κ1) is 16.0. The van der Waals surface area contributed by atoms with E-state index in [9.17, 15) is 4.79 Å². The van der Waals surface area contributed by atoms with Crippen molar-refractivity contribution in [3.8, 4) is 0 Å². The Balaban J connectivity index is 1.86. The van der Waals surface area contributed by atoms with Gasteiger partial charge in [-0.2, -0.15) is 0 Å². The van der Waals surface area contributed by atoms with E-state index in [1.54, 1.807) is 6.20 Å². The van der Waals surface area contributed by atoms with Crippen molar-refractivity contribution in [2.24, 2.45) is 0 Å². The van der Waals surface area contributed by atoms with Gasteiger partial charge in [0.2, 0.25) is 0 Å². The number of amides is 2. The Morgan fingerprint density at radius 1 is 1.32 bits per heavy atom. The number of aliphatic hydroxyl groups excluding tert-OH is 1. The highest BCUT2D eigenvalue weighted by Gasteiger charge is 2.02. The molecule has 2 amide bonds. The van der Waals surface area contributed by atoms with Gasteiger partial charge in [0.1, 0.15) is 5.82 Å². The molecule has 0 bridgehead atoms. The number of hydrogen-bond donors (Lipinski definition) is 3. The minimum Gasteiger partial charge on any atom is -0.396 e. The quantitative estimate of drug-likeness (QED) is 0.677. The van der Waals surface area contributed by atoms with Crippen molar-refractivity contribution in [1.82, 2.24) is 20.2 Å². The van der Waals surface area contributed by atoms with Gasteiger partial charge < -0.3 is 20.3 Å². The zero-order chi connectivity index (χ0) is 15.8. The molecule has 0 radical (unpaired) electrons. The number of imidazole rings is 1. The summed E-state index contributed by atoms with van der Waals surface area (Å²) in [4.78, 5) is 15.8. The van der Waals surface area contributed by atoms with Gasteiger partial charge in [-0.15, -0.1) is 0 Å². The maximum Gasteiger partial charge on any atom is 0.315 e. The topological polar surface area (TPSA) is 79.2 Å². The number of carbonyl (C=O) groups is 1. The van der Waals surface area contributed by atoms with Crippen LogP contribution in [-0.4, -0.2) is 33.8 Å². The maximum absolute atomic E-state index is 11.6. The van der Waals surface area contributed by atoms with E-state index in [4.69, 9.17) is 5.11 Å². The van der Waals surface area contributed by atoms with Gasteiger partial charge >= 0.3 is 6.03 Å². The second-order valence-corrected chi connectivity index (χ2v) is 5.11. The van der Waals surface area contributed by atoms with Crippen molar-refractivity contribution in [2.75, 3.05) is 13.2 Å². The van der Waals surface area contributed by atoms with Gasteiger partial charge in [0.25, 0.3) is 0 Å². The lowest BCUT2D eigenvalue weighted by atomic mass is 10.1. The Labute approximate surface area is 130 Å². The smallest absolute Gasteiger partial charge is 0.315 e. The SMILES string of the molecule is Cc1nccn1Cc1cccc(CNC(=O)NCCCO)c1. The minimum atomic E-state index is -0.218. The van der Waals surface area contributed by atoms with Gasteiger partial charge in [-0.05, 0) is 24.5 Å². The average molecular weight is 302 g/mol. The summed E-state index contributed by atoms with van der Waals surface area (Å²) in [6.45, 7) is 3.77. The summed E-state index contributed by atoms with van der Waals surface area (Å²) >= 11 is 0. The standard InChI is InChI=1S/C16H22N4O2/c1-13-17-7-8-20(13)12-15-5-2-4-14(10-15)11-19-16(22)18-6-3-9-21/h2,4-5,7-8,10,21H,3,6,9,11-12H2,1H3,(H2,18,19,22). The first-order chi connectivity index (χ1) is 10.7. The number of nitrogens with one attached hydrogen (secondary N) is 2. The lowest BCUT2D eigenvalue weighted by molar-refractivity contribution is 0.237. The van der Waals surface area contributed by atoms with E-state index in [2.05, 4.69) is 32.3 Å². The zero-order valence-corrected chi connectivity index (χ0v) is 12.7. The molecule has 1 aromatic heterocycles. The van der Waals surface area contributed by atoms with Crippen LogP contribution in [0.5, 0.6) is 0 Å². The number of aromatic nitrogens is 2. The van der Waals surface area contributed by atoms with Gasteiger partial charge in [-0.3, -0.25) is 0 Å². The molecule has 0 saturated heterocycles. The van der Waals surface area contributed by atoms with Crippen molar-refractivity contribution in [3.63, 3.8) is 0 Å². The average Bonchev–Trinajstić information content (AvgIpc) is 2.91. The fraction of sp³-hybridized carbons (Fsp3) is 0.375. The summed E-state index contributed by atoms with van der Waals surface area (Å²) in [6.07, 6.45) is 4.31. The molecule has 0 fully saturated rings. The first-order valence-electron chi connectivity index (χ1n) is 7.37. The lowest BCUT2D eigenvalue weighted by Crippen LogP contribution is -2.35. The largest absolute Gasteiger partial charge is 0.396 e. The Bertz CT molecular complexity index is 610. The second-order valence-electron chi connectivity index (χ2n) is 5.11. The van der Waals surface area contributed by atoms with Crippen LogP contribution >= 0.6 is 0 Å². The number of rotatable bonds is 7. The Morgan fingerprint density at radius 3 is 2.86 bits per heavy atom. The molecule has 0 aliphatic heterocycles. The predicted octanol–water partition coefficient (Wildman–Crippen LogP) is 1.42. The molecule has 6 nitrogen and oxygen atoms in total. The van der Waals surface area contributed by atoms with Crippen molar-refractivity contribution >= 4 is 6.03 Å². The predicted molar refractivity (Wildman–Crippen MR) is 84.4 cm³/mol. The van der Waals surface area contributed by atoms with Crippen molar-refractivity contribution < 1.29 is 9.90 Å². The molecule has 1 aromatic carbocycles. The van der Waals surface area contributed by atoms with E-state index in [-0.39, 0.29) is 12.6 Å². The summed E-state index contributed by atoms with van der Waals surface area (Å²) in [5.74, 6) is 0.979. The van der Waals surface area contributed by atoms with Gasteiger partial charge in [0.15, 0.2) is 0 Å². The fourth-order valence-corrected chi connectivity index (χ4v) is 2.13. The second kappa shape index (κ2) is 8.19. The van der Waals surface area contributed by atoms with Crippen LogP contribution in [-0.2, 0) is 13.1 Å². The molecule has 2 rings (SSSR count). The summed E-state index contributed by atoms with van der Waals surface area (Å²) < 4.78 is 2.08. The third-order valence-corrected chi connectivity index (χ3v) is 3.34. The van der Waals surface area contributed by atoms with E-state index < -0.39 is 0 Å². The fourth-order valence-electron chi connectivity index (χ4n) is 2.13. The van der Waals surface area contributed by atoms with Crippen LogP contribution in [0.4, 0.5) is 4.79 Å². The molecular formula is C16H22N4O2. The molecule has 118 valence electrons. The van der Waals surface area contributed by atoms with Crippen molar-refractivity contribution in [1.29, 1.82) is 0 Å². The van der Waals surface area contributed by atoms with Crippen molar-refractivity contribution in [2.45, 2.75) is 26.4 Å². The highest BCUT2D eigenvalue weighted by atomic mass is 16.3. The van der Waals surface area contributed by atoms with Gasteiger partial charge in [-0.25, -0.2) is 9.78 Å². The van der Waals surface area contributed by atoms with Crippen LogP contribution < -0.4 is 10.6 Å². The summed E-state index contributed by atoms with van der Waals surface area (Å²) in [5.41, 5.74) is 2.22. The van der Waals surface area contributed by atoms with Crippen LogP contribution in [0.1, 0.15) is 23.4 Å². The van der Waals surface area contributed by atoms with Gasteiger partial charge in [0, 0.05) is 38.6 Å². The maximum atomic E-state index is 11.6. The monoisotopic (exact) mass is 302 g/mol. The van der Waals surface area contributed by atoms with E-state index in [0.29, 0.717) is 19.5 Å². The highest BCUT2D eigenvalue weighted by molar-refractivity contribution is 5.73. The molecule has 0 saturated carbocycles. The van der Waals surface area contributed by atoms with E-state index in [1.165, 1.54) is 5.56 Å². The van der Waals surface area contributed by atoms with E-state index in [1.807, 2.05) is 25.3 Å². The molecule has 3 N–H and O–H groups in total. The number of benzene rings is 1. The highest BCUT2D eigenvalue weighted by Crippen LogP contribution is 2.08. The molecule has 0 unspecified atom stereocenters. The summed E-state index contributed by atoms with van der Waals surface area (Å²) in [7, 11) is 0. The Kier molecular flexibility index (Phi) is 5.97. The minimum absolute atomic E-state index is 0.0794. The Hall–Kier alpha value is -2.34. The third-order valence-electron chi connectivity index (χ3n) is 3.34. The Morgan fingerprint density at radius 2 is 2.14 bits per heavy atom. The van der Waals surface area contributed by atoms with Crippen LogP contribution in [0.15, 0.2) is 36.7 Å². The van der Waals surface area contributed by atoms with E-state index >= 15 is 0 Å². The molecular weight excluding hydrogens is 280 g/mol. The molecule has 22 heavy (non-hydrogen) atoms. The number of hydrogen-bond acceptors (Lipinski definition) is 3. The first-order valence-corrected chi connectivity index (χ1v) is 7.37. The lowest BCUT2D eigenvalue weighted by Gasteiger charge is -2.09. The van der Waals surface area contributed by atoms with Crippen LogP contribution in [0.2, 0.25) is 0 Å². The number of aliphatic hydroxyl groups is 1. The number of nitrogens with zero attached hydrogens (tertiary/aromatic N) is 2. The van der Waals surface area contributed by atoms with E-state index in [0.717, 1.165) is 17.9 Å². The number of urea groups is 1. The van der Waals surface area contributed by atoms with Crippen LogP contribution in [0, 0.1) is 6.92 Å². The zero-order valence-electron chi connectivity index (χ0n) is 12.7. The molecule has 0 aliphatic rings. The summed E-state index contributed by atoms with van der Waals surface area (Å²) in [6, 6.07) is 7.89. The molecule has 0 aliphatic carbocycles. The van der Waals surface area contributed by atoms with Gasteiger partial charge in [-0.1, -0.05) is 24.3 Å². The normalized spacial score (nSPS) is 10.5. The number of aryl methyl sites for hydroxylation is 1. The molecule has 1 heterocycles.